The molecule has 0 saturated carbocycles. The summed E-state index contributed by atoms with van der Waals surface area (Å²) >= 11 is 0. The van der Waals surface area contributed by atoms with Crippen LogP contribution in [0.25, 0.3) is 0 Å². The molecule has 7 nitrogen and oxygen atoms in total. The van der Waals surface area contributed by atoms with Gasteiger partial charge >= 0.3 is 5.97 Å². The minimum Gasteiger partial charge on any atom is -0.490 e. The Morgan fingerprint density at radius 2 is 1.70 bits per heavy atom. The van der Waals surface area contributed by atoms with Gasteiger partial charge < -0.3 is 14.2 Å². The maximum Gasteiger partial charge on any atom is 0.338 e. The Balaban J connectivity index is 2.40. The molecule has 0 saturated heterocycles. The highest BCUT2D eigenvalue weighted by molar-refractivity contribution is 7.92. The minimum absolute atomic E-state index is 0.0253. The molecule has 0 fully saturated rings. The molecule has 0 aliphatic heterocycles. The van der Waals surface area contributed by atoms with E-state index in [0.29, 0.717) is 41.5 Å². The summed E-state index contributed by atoms with van der Waals surface area (Å²) in [6.45, 7) is 6.09. The van der Waals surface area contributed by atoms with E-state index in [1.165, 1.54) is 19.2 Å². The second-order valence-electron chi connectivity index (χ2n) is 5.55. The van der Waals surface area contributed by atoms with Gasteiger partial charge in [0.1, 0.15) is 0 Å². The summed E-state index contributed by atoms with van der Waals surface area (Å²) in [5, 5.41) is 0. The maximum absolute atomic E-state index is 12.8. The number of hydrogen-bond acceptors (Lipinski definition) is 6. The van der Waals surface area contributed by atoms with Gasteiger partial charge in [0.15, 0.2) is 11.5 Å². The first-order chi connectivity index (χ1) is 12.8. The highest BCUT2D eigenvalue weighted by atomic mass is 32.2. The lowest BCUT2D eigenvalue weighted by Gasteiger charge is -2.15. The number of benzene rings is 2. The summed E-state index contributed by atoms with van der Waals surface area (Å²) in [6, 6.07) is 9.15. The average molecular weight is 393 g/mol. The second kappa shape index (κ2) is 8.77. The van der Waals surface area contributed by atoms with E-state index >= 15 is 0 Å². The number of ether oxygens (including phenoxy) is 3. The van der Waals surface area contributed by atoms with Gasteiger partial charge in [-0.05, 0) is 50.6 Å². The summed E-state index contributed by atoms with van der Waals surface area (Å²) in [7, 11) is -2.62. The van der Waals surface area contributed by atoms with E-state index < -0.39 is 16.0 Å². The molecule has 2 aromatic carbocycles. The summed E-state index contributed by atoms with van der Waals surface area (Å²) < 4.78 is 43.8. The molecule has 0 heterocycles. The van der Waals surface area contributed by atoms with Gasteiger partial charge in [-0.15, -0.1) is 0 Å². The molecule has 8 heteroatoms. The van der Waals surface area contributed by atoms with Crippen LogP contribution in [0.15, 0.2) is 41.3 Å². The van der Waals surface area contributed by atoms with Crippen LogP contribution < -0.4 is 14.2 Å². The fraction of sp³-hybridized carbons (Fsp3) is 0.316. The molecule has 2 aromatic rings. The summed E-state index contributed by atoms with van der Waals surface area (Å²) in [6.07, 6.45) is 0. The molecule has 0 aromatic heterocycles. The van der Waals surface area contributed by atoms with Crippen LogP contribution in [0, 0.1) is 6.92 Å². The Morgan fingerprint density at radius 1 is 1.04 bits per heavy atom. The van der Waals surface area contributed by atoms with Crippen LogP contribution in [0.1, 0.15) is 29.8 Å². The van der Waals surface area contributed by atoms with Crippen LogP contribution in [0.5, 0.6) is 11.5 Å². The van der Waals surface area contributed by atoms with Crippen LogP contribution in [0.2, 0.25) is 0 Å². The van der Waals surface area contributed by atoms with Crippen molar-refractivity contribution in [3.63, 3.8) is 0 Å². The van der Waals surface area contributed by atoms with Gasteiger partial charge in [0.2, 0.25) is 0 Å². The SMILES string of the molecule is CCOc1ccc(S(=O)(=O)Nc2cccc(C(=O)OC)c2C)cc1OCC. The number of anilines is 1. The third-order valence-corrected chi connectivity index (χ3v) is 5.17. The monoisotopic (exact) mass is 393 g/mol. The quantitative estimate of drug-likeness (QED) is 0.692. The second-order valence-corrected chi connectivity index (χ2v) is 7.23. The highest BCUT2D eigenvalue weighted by Gasteiger charge is 2.20. The van der Waals surface area contributed by atoms with Crippen molar-refractivity contribution < 1.29 is 27.4 Å². The van der Waals surface area contributed by atoms with Crippen LogP contribution in [-0.2, 0) is 14.8 Å². The van der Waals surface area contributed by atoms with Crippen LogP contribution in [-0.4, -0.2) is 34.7 Å². The Morgan fingerprint density at radius 3 is 2.33 bits per heavy atom. The van der Waals surface area contributed by atoms with Gasteiger partial charge in [-0.1, -0.05) is 6.07 Å². The van der Waals surface area contributed by atoms with Crippen molar-refractivity contribution in [2.75, 3.05) is 25.0 Å². The van der Waals surface area contributed by atoms with Gasteiger partial charge in [-0.25, -0.2) is 13.2 Å². The fourth-order valence-corrected chi connectivity index (χ4v) is 3.62. The normalized spacial score (nSPS) is 11.0. The standard InChI is InChI=1S/C19H23NO6S/c1-5-25-17-11-10-14(12-18(17)26-6-2)27(22,23)20-16-9-7-8-15(13(16)3)19(21)24-4/h7-12,20H,5-6H2,1-4H3. The molecule has 0 unspecified atom stereocenters. The van der Waals surface area contributed by atoms with E-state index in [1.807, 2.05) is 6.92 Å². The lowest BCUT2D eigenvalue weighted by Crippen LogP contribution is -2.15. The highest BCUT2D eigenvalue weighted by Crippen LogP contribution is 2.31. The van der Waals surface area contributed by atoms with Crippen LogP contribution >= 0.6 is 0 Å². The molecule has 27 heavy (non-hydrogen) atoms. The van der Waals surface area contributed by atoms with Crippen LogP contribution in [0.4, 0.5) is 5.69 Å². The van der Waals surface area contributed by atoms with Crippen molar-refractivity contribution in [1.29, 1.82) is 0 Å². The Labute approximate surface area is 159 Å². The van der Waals surface area contributed by atoms with Crippen molar-refractivity contribution >= 4 is 21.7 Å². The van der Waals surface area contributed by atoms with Gasteiger partial charge in [-0.3, -0.25) is 4.72 Å². The predicted molar refractivity (Wildman–Crippen MR) is 102 cm³/mol. The Hall–Kier alpha value is -2.74. The van der Waals surface area contributed by atoms with Crippen molar-refractivity contribution in [3.05, 3.63) is 47.5 Å². The molecule has 146 valence electrons. The van der Waals surface area contributed by atoms with E-state index in [0.717, 1.165) is 0 Å². The van der Waals surface area contributed by atoms with E-state index in [-0.39, 0.29) is 4.90 Å². The molecular formula is C19H23NO6S. The molecule has 0 aliphatic carbocycles. The van der Waals surface area contributed by atoms with Gasteiger partial charge in [0.25, 0.3) is 10.0 Å². The summed E-state index contributed by atoms with van der Waals surface area (Å²) in [5.74, 6) is 0.290. The molecule has 1 N–H and O–H groups in total. The average Bonchev–Trinajstić information content (AvgIpc) is 2.64. The Bertz CT molecular complexity index is 924. The van der Waals surface area contributed by atoms with Crippen molar-refractivity contribution in [3.8, 4) is 11.5 Å². The third kappa shape index (κ3) is 4.71. The zero-order valence-corrected chi connectivity index (χ0v) is 16.6. The summed E-state index contributed by atoms with van der Waals surface area (Å²) in [4.78, 5) is 11.8. The smallest absolute Gasteiger partial charge is 0.338 e. The van der Waals surface area contributed by atoms with E-state index in [4.69, 9.17) is 14.2 Å². The molecule has 0 amide bonds. The van der Waals surface area contributed by atoms with Crippen LogP contribution in [0.3, 0.4) is 0 Å². The molecule has 0 atom stereocenters. The minimum atomic E-state index is -3.90. The van der Waals surface area contributed by atoms with E-state index in [9.17, 15) is 13.2 Å². The number of methoxy groups -OCH3 is 1. The number of rotatable bonds is 8. The molecule has 0 bridgehead atoms. The lowest BCUT2D eigenvalue weighted by atomic mass is 10.1. The molecule has 0 spiro atoms. The zero-order valence-electron chi connectivity index (χ0n) is 15.7. The zero-order chi connectivity index (χ0) is 20.0. The molecular weight excluding hydrogens is 370 g/mol. The first-order valence-electron chi connectivity index (χ1n) is 8.44. The Kier molecular flexibility index (Phi) is 6.68. The molecule has 0 aliphatic rings. The third-order valence-electron chi connectivity index (χ3n) is 3.81. The van der Waals surface area contributed by atoms with Gasteiger partial charge in [0.05, 0.1) is 36.5 Å². The first-order valence-corrected chi connectivity index (χ1v) is 9.92. The topological polar surface area (TPSA) is 90.9 Å². The number of esters is 1. The molecule has 0 radical (unpaired) electrons. The fourth-order valence-electron chi connectivity index (χ4n) is 2.48. The first kappa shape index (κ1) is 20.6. The molecule has 2 rings (SSSR count). The largest absolute Gasteiger partial charge is 0.490 e. The predicted octanol–water partition coefficient (Wildman–Crippen LogP) is 3.38. The van der Waals surface area contributed by atoms with Crippen molar-refractivity contribution in [2.24, 2.45) is 0 Å². The van der Waals surface area contributed by atoms with Gasteiger partial charge in [-0.2, -0.15) is 0 Å². The number of nitrogens with one attached hydrogen (secondary N) is 1. The van der Waals surface area contributed by atoms with Gasteiger partial charge in [0, 0.05) is 6.07 Å². The van der Waals surface area contributed by atoms with Crippen molar-refractivity contribution in [2.45, 2.75) is 25.7 Å². The summed E-state index contributed by atoms with van der Waals surface area (Å²) in [5.41, 5.74) is 1.06. The maximum atomic E-state index is 12.8. The van der Waals surface area contributed by atoms with Crippen molar-refractivity contribution in [1.82, 2.24) is 0 Å². The van der Waals surface area contributed by atoms with E-state index in [1.54, 1.807) is 38.1 Å². The van der Waals surface area contributed by atoms with E-state index in [2.05, 4.69) is 4.72 Å². The number of sulfonamides is 1. The number of hydrogen-bond donors (Lipinski definition) is 1. The number of carbonyl (C=O) groups excluding carboxylic acids is 1. The lowest BCUT2D eigenvalue weighted by molar-refractivity contribution is 0.0600. The number of carbonyl (C=O) groups is 1.